The van der Waals surface area contributed by atoms with Gasteiger partial charge in [-0.2, -0.15) is 18.4 Å². The van der Waals surface area contributed by atoms with Crippen LogP contribution in [0.5, 0.6) is 11.6 Å². The maximum absolute atomic E-state index is 13.8. The maximum Gasteiger partial charge on any atom is 0.417 e. The zero-order valence-corrected chi connectivity index (χ0v) is 20.6. The van der Waals surface area contributed by atoms with Crippen LogP contribution < -0.4 is 10.3 Å². The molecule has 0 spiro atoms. The average Bonchev–Trinajstić information content (AvgIpc) is 2.83. The van der Waals surface area contributed by atoms with Gasteiger partial charge in [-0.3, -0.25) is 9.78 Å². The van der Waals surface area contributed by atoms with Gasteiger partial charge < -0.3 is 9.30 Å². The molecule has 2 aromatic carbocycles. The number of hydrogen-bond acceptors (Lipinski definition) is 5. The first-order chi connectivity index (χ1) is 17.5. The molecule has 0 unspecified atom stereocenters. The number of nitriles is 1. The topological polar surface area (TPSA) is 80.8 Å². The summed E-state index contributed by atoms with van der Waals surface area (Å²) in [5, 5.41) is 9.43. The van der Waals surface area contributed by atoms with Gasteiger partial charge >= 0.3 is 6.18 Å². The molecule has 9 heteroatoms. The molecule has 37 heavy (non-hydrogen) atoms. The average molecular weight is 505 g/mol. The Morgan fingerprint density at radius 2 is 1.73 bits per heavy atom. The number of aryl methyl sites for hydroxylation is 4. The van der Waals surface area contributed by atoms with Crippen LogP contribution in [0.25, 0.3) is 11.3 Å². The first-order valence-electron chi connectivity index (χ1n) is 11.4. The molecule has 0 amide bonds. The number of hydrogen-bond donors (Lipinski definition) is 0. The maximum atomic E-state index is 13.8. The molecular formula is C28H23F3N4O2. The number of ether oxygens (including phenoxy) is 1. The van der Waals surface area contributed by atoms with Crippen LogP contribution in [0.2, 0.25) is 0 Å². The third-order valence-electron chi connectivity index (χ3n) is 5.94. The molecule has 2 aromatic heterocycles. The zero-order valence-electron chi connectivity index (χ0n) is 20.6. The first kappa shape index (κ1) is 25.6. The van der Waals surface area contributed by atoms with Gasteiger partial charge in [-0.05, 0) is 74.7 Å². The molecule has 4 rings (SSSR count). The Morgan fingerprint density at radius 3 is 2.35 bits per heavy atom. The van der Waals surface area contributed by atoms with Gasteiger partial charge in [0.15, 0.2) is 0 Å². The summed E-state index contributed by atoms with van der Waals surface area (Å²) in [7, 11) is 0. The van der Waals surface area contributed by atoms with Crippen molar-refractivity contribution in [1.82, 2.24) is 14.5 Å². The molecule has 0 atom stereocenters. The van der Waals surface area contributed by atoms with E-state index >= 15 is 0 Å². The Bertz CT molecular complexity index is 1580. The van der Waals surface area contributed by atoms with E-state index in [9.17, 15) is 23.2 Å². The Hall–Kier alpha value is -4.45. The lowest BCUT2D eigenvalue weighted by atomic mass is 10.0. The number of aromatic nitrogens is 3. The predicted octanol–water partition coefficient (Wildman–Crippen LogP) is 6.27. The fourth-order valence-electron chi connectivity index (χ4n) is 3.99. The molecule has 0 saturated heterocycles. The van der Waals surface area contributed by atoms with E-state index in [0.29, 0.717) is 28.6 Å². The summed E-state index contributed by atoms with van der Waals surface area (Å²) < 4.78 is 48.5. The number of rotatable bonds is 5. The highest BCUT2D eigenvalue weighted by atomic mass is 19.4. The molecule has 0 aliphatic heterocycles. The zero-order chi connectivity index (χ0) is 26.9. The van der Waals surface area contributed by atoms with E-state index in [1.807, 2.05) is 32.0 Å². The Morgan fingerprint density at radius 1 is 1.03 bits per heavy atom. The molecule has 0 fully saturated rings. The number of pyridine rings is 1. The van der Waals surface area contributed by atoms with Crippen molar-refractivity contribution in [3.63, 3.8) is 0 Å². The molecule has 0 aliphatic carbocycles. The van der Waals surface area contributed by atoms with E-state index in [1.165, 1.54) is 10.6 Å². The standard InChI is InChI=1S/C28H23F3N4O2/c1-16-5-6-21(17(2)11-16)15-35-25(12-24(28(29,30)31)23(13-32)27(35)36)20-7-9-22(10-8-20)37-26-19(4)33-14-18(3)34-26/h5-12,14H,15H2,1-4H3. The normalized spacial score (nSPS) is 11.3. The second-order valence-electron chi connectivity index (χ2n) is 8.78. The Kier molecular flexibility index (Phi) is 6.86. The van der Waals surface area contributed by atoms with Crippen molar-refractivity contribution in [2.45, 2.75) is 40.4 Å². The highest BCUT2D eigenvalue weighted by Gasteiger charge is 2.36. The molecule has 0 bridgehead atoms. The molecule has 0 radical (unpaired) electrons. The Labute approximate surface area is 211 Å². The highest BCUT2D eigenvalue weighted by molar-refractivity contribution is 5.64. The lowest BCUT2D eigenvalue weighted by Crippen LogP contribution is -2.29. The number of alkyl halides is 3. The highest BCUT2D eigenvalue weighted by Crippen LogP contribution is 2.34. The molecule has 2 heterocycles. The summed E-state index contributed by atoms with van der Waals surface area (Å²) in [6.07, 6.45) is -3.26. The van der Waals surface area contributed by atoms with Crippen molar-refractivity contribution < 1.29 is 17.9 Å². The molecule has 0 saturated carbocycles. The van der Waals surface area contributed by atoms with Crippen molar-refractivity contribution in [2.75, 3.05) is 0 Å². The molecular weight excluding hydrogens is 481 g/mol. The minimum absolute atomic E-state index is 0.00340. The van der Waals surface area contributed by atoms with E-state index in [2.05, 4.69) is 9.97 Å². The number of benzene rings is 2. The van der Waals surface area contributed by atoms with Crippen LogP contribution in [0.3, 0.4) is 0 Å². The second-order valence-corrected chi connectivity index (χ2v) is 8.78. The first-order valence-corrected chi connectivity index (χ1v) is 11.4. The van der Waals surface area contributed by atoms with Crippen LogP contribution >= 0.6 is 0 Å². The number of nitrogens with zero attached hydrogens (tertiary/aromatic N) is 4. The van der Waals surface area contributed by atoms with Crippen LogP contribution in [0.4, 0.5) is 13.2 Å². The van der Waals surface area contributed by atoms with Crippen molar-refractivity contribution in [3.05, 3.63) is 104 Å². The fraction of sp³-hybridized carbons (Fsp3) is 0.214. The van der Waals surface area contributed by atoms with Gasteiger partial charge in [-0.1, -0.05) is 23.8 Å². The van der Waals surface area contributed by atoms with Gasteiger partial charge in [0.2, 0.25) is 5.88 Å². The van der Waals surface area contributed by atoms with Gasteiger partial charge in [0.1, 0.15) is 17.4 Å². The quantitative estimate of drug-likeness (QED) is 0.320. The van der Waals surface area contributed by atoms with Crippen LogP contribution in [0, 0.1) is 39.0 Å². The van der Waals surface area contributed by atoms with Crippen LogP contribution in [-0.2, 0) is 12.7 Å². The lowest BCUT2D eigenvalue weighted by Gasteiger charge is -2.19. The third-order valence-corrected chi connectivity index (χ3v) is 5.94. The molecule has 188 valence electrons. The fourth-order valence-corrected chi connectivity index (χ4v) is 3.99. The Balaban J connectivity index is 1.84. The van der Waals surface area contributed by atoms with Crippen molar-refractivity contribution >= 4 is 0 Å². The number of halogens is 3. The predicted molar refractivity (Wildman–Crippen MR) is 132 cm³/mol. The van der Waals surface area contributed by atoms with Crippen LogP contribution in [0.1, 0.15) is 39.2 Å². The van der Waals surface area contributed by atoms with E-state index in [0.717, 1.165) is 22.8 Å². The van der Waals surface area contributed by atoms with Crippen LogP contribution in [-0.4, -0.2) is 14.5 Å². The van der Waals surface area contributed by atoms with Gasteiger partial charge in [0.25, 0.3) is 5.56 Å². The van der Waals surface area contributed by atoms with Gasteiger partial charge in [0.05, 0.1) is 29.2 Å². The largest absolute Gasteiger partial charge is 0.437 e. The van der Waals surface area contributed by atoms with Gasteiger partial charge in [-0.25, -0.2) is 4.98 Å². The molecule has 6 nitrogen and oxygen atoms in total. The van der Waals surface area contributed by atoms with Crippen molar-refractivity contribution in [2.24, 2.45) is 0 Å². The van der Waals surface area contributed by atoms with Crippen molar-refractivity contribution in [3.8, 4) is 29.0 Å². The van der Waals surface area contributed by atoms with Gasteiger partial charge in [-0.15, -0.1) is 0 Å². The summed E-state index contributed by atoms with van der Waals surface area (Å²) in [6, 6.07) is 14.2. The summed E-state index contributed by atoms with van der Waals surface area (Å²) in [5.74, 6) is 0.719. The molecule has 0 N–H and O–H groups in total. The third kappa shape index (κ3) is 5.38. The minimum Gasteiger partial charge on any atom is -0.437 e. The van der Waals surface area contributed by atoms with Crippen LogP contribution in [0.15, 0.2) is 59.5 Å². The lowest BCUT2D eigenvalue weighted by molar-refractivity contribution is -0.137. The van der Waals surface area contributed by atoms with E-state index in [4.69, 9.17) is 4.74 Å². The van der Waals surface area contributed by atoms with E-state index in [1.54, 1.807) is 44.3 Å². The monoisotopic (exact) mass is 504 g/mol. The SMILES string of the molecule is Cc1ccc(Cn2c(-c3ccc(Oc4nc(C)cnc4C)cc3)cc(C(F)(F)F)c(C#N)c2=O)c(C)c1. The molecule has 4 aromatic rings. The minimum atomic E-state index is -4.87. The summed E-state index contributed by atoms with van der Waals surface area (Å²) in [5.41, 5.74) is 1.10. The van der Waals surface area contributed by atoms with E-state index < -0.39 is 22.9 Å². The summed E-state index contributed by atoms with van der Waals surface area (Å²) in [4.78, 5) is 21.7. The summed E-state index contributed by atoms with van der Waals surface area (Å²) in [6.45, 7) is 7.32. The molecule has 0 aliphatic rings. The summed E-state index contributed by atoms with van der Waals surface area (Å²) >= 11 is 0. The van der Waals surface area contributed by atoms with E-state index in [-0.39, 0.29) is 12.2 Å². The smallest absolute Gasteiger partial charge is 0.417 e. The second kappa shape index (κ2) is 9.90. The van der Waals surface area contributed by atoms with Crippen molar-refractivity contribution in [1.29, 1.82) is 5.26 Å². The van der Waals surface area contributed by atoms with Gasteiger partial charge in [0, 0.05) is 6.20 Å².